The minimum Gasteiger partial charge on any atom is -0.370 e. The van der Waals surface area contributed by atoms with E-state index in [1.165, 1.54) is 0 Å². The third kappa shape index (κ3) is 6.69. The number of aliphatic imine (C=N–C) groups is 1. The molecule has 1 fully saturated rings. The topological polar surface area (TPSA) is 36.9 Å². The van der Waals surface area contributed by atoms with Gasteiger partial charge in [-0.15, -0.1) is 0 Å². The summed E-state index contributed by atoms with van der Waals surface area (Å²) in [7, 11) is 1.67. The number of ether oxygens (including phenoxy) is 1. The zero-order valence-corrected chi connectivity index (χ0v) is 12.9. The lowest BCUT2D eigenvalue weighted by atomic mass is 10.2. The summed E-state index contributed by atoms with van der Waals surface area (Å²) >= 11 is 1.91. The summed E-state index contributed by atoms with van der Waals surface area (Å²) in [5.74, 6) is 1.73. The molecule has 0 spiro atoms. The van der Waals surface area contributed by atoms with Gasteiger partial charge in [0.2, 0.25) is 0 Å². The van der Waals surface area contributed by atoms with E-state index in [-0.39, 0.29) is 11.4 Å². The number of thioether (sulfide) groups is 1. The van der Waals surface area contributed by atoms with Crippen LogP contribution in [0.4, 0.5) is 13.2 Å². The highest BCUT2D eigenvalue weighted by molar-refractivity contribution is 8.00. The van der Waals surface area contributed by atoms with Gasteiger partial charge in [0.1, 0.15) is 6.61 Å². The highest BCUT2D eigenvalue weighted by atomic mass is 32.2. The molecule has 0 aromatic rings. The van der Waals surface area contributed by atoms with Gasteiger partial charge in [-0.1, -0.05) is 0 Å². The van der Waals surface area contributed by atoms with Crippen LogP contribution in [0.3, 0.4) is 0 Å². The SMILES string of the molecule is CN=C(NCCOCC(F)(F)F)N1CCSC(C)(C)C1. The molecule has 0 aromatic carbocycles. The van der Waals surface area contributed by atoms with Crippen molar-refractivity contribution in [1.82, 2.24) is 10.2 Å². The third-order valence-electron chi connectivity index (χ3n) is 2.73. The van der Waals surface area contributed by atoms with E-state index in [0.717, 1.165) is 18.8 Å². The molecular formula is C12H22F3N3OS. The predicted molar refractivity (Wildman–Crippen MR) is 76.3 cm³/mol. The van der Waals surface area contributed by atoms with Crippen LogP contribution in [0.25, 0.3) is 0 Å². The number of rotatable bonds is 4. The summed E-state index contributed by atoms with van der Waals surface area (Å²) in [6, 6.07) is 0. The van der Waals surface area contributed by atoms with Crippen molar-refractivity contribution in [1.29, 1.82) is 0 Å². The monoisotopic (exact) mass is 313 g/mol. The van der Waals surface area contributed by atoms with Gasteiger partial charge in [0.25, 0.3) is 0 Å². The summed E-state index contributed by atoms with van der Waals surface area (Å²) in [4.78, 5) is 6.29. The highest BCUT2D eigenvalue weighted by Crippen LogP contribution is 2.29. The molecule has 1 heterocycles. The minimum absolute atomic E-state index is 0.00448. The van der Waals surface area contributed by atoms with Crippen LogP contribution in [0.5, 0.6) is 0 Å². The molecule has 4 nitrogen and oxygen atoms in total. The first kappa shape index (κ1) is 17.4. The third-order valence-corrected chi connectivity index (χ3v) is 4.03. The molecular weight excluding hydrogens is 291 g/mol. The summed E-state index contributed by atoms with van der Waals surface area (Å²) in [6.45, 7) is 5.20. The summed E-state index contributed by atoms with van der Waals surface area (Å²) in [6.07, 6.45) is -4.27. The van der Waals surface area contributed by atoms with Crippen LogP contribution in [0, 0.1) is 0 Å². The van der Waals surface area contributed by atoms with Gasteiger partial charge >= 0.3 is 6.18 Å². The normalized spacial score (nSPS) is 20.1. The molecule has 118 valence electrons. The Hall–Kier alpha value is -0.630. The molecule has 0 aliphatic carbocycles. The number of hydrogen-bond acceptors (Lipinski definition) is 3. The minimum atomic E-state index is -4.27. The summed E-state index contributed by atoms with van der Waals surface area (Å²) < 4.78 is 40.4. The number of alkyl halides is 3. The van der Waals surface area contributed by atoms with Crippen molar-refractivity contribution in [2.45, 2.75) is 24.8 Å². The fourth-order valence-corrected chi connectivity index (χ4v) is 3.06. The van der Waals surface area contributed by atoms with Crippen LogP contribution in [-0.2, 0) is 4.74 Å². The second-order valence-electron chi connectivity index (χ2n) is 5.17. The maximum atomic E-state index is 11.9. The molecule has 0 radical (unpaired) electrons. The van der Waals surface area contributed by atoms with E-state index in [1.807, 2.05) is 11.8 Å². The Morgan fingerprint density at radius 2 is 2.15 bits per heavy atom. The van der Waals surface area contributed by atoms with Crippen LogP contribution < -0.4 is 5.32 Å². The lowest BCUT2D eigenvalue weighted by Crippen LogP contribution is -2.51. The predicted octanol–water partition coefficient (Wildman–Crippen LogP) is 1.97. The summed E-state index contributed by atoms with van der Waals surface area (Å²) in [5.41, 5.74) is 0. The van der Waals surface area contributed by atoms with E-state index in [2.05, 4.69) is 33.8 Å². The number of nitrogens with one attached hydrogen (secondary N) is 1. The fourth-order valence-electron chi connectivity index (χ4n) is 1.95. The quantitative estimate of drug-likeness (QED) is 0.489. The van der Waals surface area contributed by atoms with Gasteiger partial charge in [-0.05, 0) is 13.8 Å². The molecule has 0 bridgehead atoms. The zero-order chi connectivity index (χ0) is 15.2. The van der Waals surface area contributed by atoms with Crippen LogP contribution in [0.15, 0.2) is 4.99 Å². The number of nitrogens with zero attached hydrogens (tertiary/aromatic N) is 2. The van der Waals surface area contributed by atoms with Crippen molar-refractivity contribution in [2.75, 3.05) is 45.6 Å². The number of guanidine groups is 1. The highest BCUT2D eigenvalue weighted by Gasteiger charge is 2.29. The van der Waals surface area contributed by atoms with E-state index in [9.17, 15) is 13.2 Å². The van der Waals surface area contributed by atoms with Crippen molar-refractivity contribution in [2.24, 2.45) is 4.99 Å². The first-order valence-corrected chi connectivity index (χ1v) is 7.46. The Morgan fingerprint density at radius 3 is 2.70 bits per heavy atom. The van der Waals surface area contributed by atoms with Crippen molar-refractivity contribution in [3.8, 4) is 0 Å². The first-order chi connectivity index (χ1) is 9.23. The van der Waals surface area contributed by atoms with E-state index in [1.54, 1.807) is 7.05 Å². The molecule has 20 heavy (non-hydrogen) atoms. The van der Waals surface area contributed by atoms with Gasteiger partial charge < -0.3 is 15.0 Å². The second kappa shape index (κ2) is 7.40. The molecule has 0 atom stereocenters. The summed E-state index contributed by atoms with van der Waals surface area (Å²) in [5, 5.41) is 3.04. The van der Waals surface area contributed by atoms with Crippen LogP contribution in [0.2, 0.25) is 0 Å². The molecule has 1 aliphatic heterocycles. The molecule has 8 heteroatoms. The number of halogens is 3. The van der Waals surface area contributed by atoms with Gasteiger partial charge in [0, 0.05) is 37.2 Å². The van der Waals surface area contributed by atoms with Gasteiger partial charge in [0.15, 0.2) is 5.96 Å². The van der Waals surface area contributed by atoms with Gasteiger partial charge in [-0.3, -0.25) is 4.99 Å². The lowest BCUT2D eigenvalue weighted by Gasteiger charge is -2.39. The van der Waals surface area contributed by atoms with E-state index < -0.39 is 12.8 Å². The molecule has 1 aliphatic rings. The van der Waals surface area contributed by atoms with Crippen molar-refractivity contribution >= 4 is 17.7 Å². The Morgan fingerprint density at radius 1 is 1.45 bits per heavy atom. The van der Waals surface area contributed by atoms with Crippen molar-refractivity contribution < 1.29 is 17.9 Å². The van der Waals surface area contributed by atoms with E-state index >= 15 is 0 Å². The Balaban J connectivity index is 2.30. The maximum Gasteiger partial charge on any atom is 0.411 e. The Labute approximate surface area is 122 Å². The lowest BCUT2D eigenvalue weighted by molar-refractivity contribution is -0.173. The van der Waals surface area contributed by atoms with Gasteiger partial charge in [-0.25, -0.2) is 0 Å². The van der Waals surface area contributed by atoms with Gasteiger partial charge in [0.05, 0.1) is 6.61 Å². The molecule has 0 amide bonds. The second-order valence-corrected chi connectivity index (χ2v) is 6.97. The first-order valence-electron chi connectivity index (χ1n) is 6.47. The molecule has 0 unspecified atom stereocenters. The van der Waals surface area contributed by atoms with Crippen molar-refractivity contribution in [3.05, 3.63) is 0 Å². The van der Waals surface area contributed by atoms with Crippen LogP contribution in [-0.4, -0.2) is 67.4 Å². The van der Waals surface area contributed by atoms with Gasteiger partial charge in [-0.2, -0.15) is 24.9 Å². The molecule has 1 N–H and O–H groups in total. The average Bonchev–Trinajstić information content (AvgIpc) is 2.31. The van der Waals surface area contributed by atoms with Crippen LogP contribution >= 0.6 is 11.8 Å². The Bertz CT molecular complexity index is 334. The maximum absolute atomic E-state index is 11.9. The standard InChI is InChI=1S/C12H22F3N3OS/c1-11(2)8-18(5-7-20-11)10(16-3)17-4-6-19-9-12(13,14)15/h4-9H2,1-3H3,(H,16,17). The average molecular weight is 313 g/mol. The molecule has 0 saturated carbocycles. The molecule has 1 rings (SSSR count). The molecule has 1 saturated heterocycles. The van der Waals surface area contributed by atoms with Crippen molar-refractivity contribution in [3.63, 3.8) is 0 Å². The smallest absolute Gasteiger partial charge is 0.370 e. The fraction of sp³-hybridized carbons (Fsp3) is 0.917. The number of hydrogen-bond donors (Lipinski definition) is 1. The van der Waals surface area contributed by atoms with E-state index in [4.69, 9.17) is 0 Å². The van der Waals surface area contributed by atoms with Crippen LogP contribution in [0.1, 0.15) is 13.8 Å². The molecule has 0 aromatic heterocycles. The Kier molecular flexibility index (Phi) is 6.44. The largest absolute Gasteiger partial charge is 0.411 e. The zero-order valence-electron chi connectivity index (χ0n) is 12.1. The van der Waals surface area contributed by atoms with E-state index in [0.29, 0.717) is 12.5 Å².